The van der Waals surface area contributed by atoms with Gasteiger partial charge in [0.05, 0.1) is 18.8 Å². The summed E-state index contributed by atoms with van der Waals surface area (Å²) in [5.41, 5.74) is 0.137. The average molecular weight is 396 g/mol. The predicted octanol–water partition coefficient (Wildman–Crippen LogP) is 3.84. The molecule has 0 spiro atoms. The minimum atomic E-state index is -4.76. The number of aromatic nitrogens is 2. The smallest absolute Gasteiger partial charge is 0.497 e. The van der Waals surface area contributed by atoms with Gasteiger partial charge in [-0.3, -0.25) is 14.6 Å². The van der Waals surface area contributed by atoms with Crippen LogP contribution < -0.4 is 4.74 Å². The summed E-state index contributed by atoms with van der Waals surface area (Å²) >= 11 is 0. The second kappa shape index (κ2) is 7.46. The van der Waals surface area contributed by atoms with Gasteiger partial charge in [0.25, 0.3) is 0 Å². The van der Waals surface area contributed by atoms with Crippen LogP contribution in [0.5, 0.6) is 5.75 Å². The first-order valence-corrected chi connectivity index (χ1v) is 9.94. The molecule has 0 bridgehead atoms. The van der Waals surface area contributed by atoms with Crippen LogP contribution in [0.1, 0.15) is 45.1 Å². The van der Waals surface area contributed by atoms with Crippen molar-refractivity contribution >= 4 is 30.7 Å². The average Bonchev–Trinajstić information content (AvgIpc) is 2.89. The monoisotopic (exact) mass is 396 g/mol. The molecule has 0 saturated heterocycles. The van der Waals surface area contributed by atoms with E-state index in [1.165, 1.54) is 18.0 Å². The third-order valence-electron chi connectivity index (χ3n) is 3.87. The molecular weight excluding hydrogens is 371 g/mol. The Morgan fingerprint density at radius 3 is 2.41 bits per heavy atom. The van der Waals surface area contributed by atoms with E-state index < -0.39 is 13.2 Å². The zero-order valence-electron chi connectivity index (χ0n) is 16.3. The molecule has 9 heteroatoms. The molecule has 148 valence electrons. The van der Waals surface area contributed by atoms with Gasteiger partial charge in [-0.25, -0.2) is 9.25 Å². The summed E-state index contributed by atoms with van der Waals surface area (Å²) in [6.07, 6.45) is 1.39. The van der Waals surface area contributed by atoms with E-state index in [9.17, 15) is 19.1 Å². The molecule has 2 rings (SSSR count). The summed E-state index contributed by atoms with van der Waals surface area (Å²) in [6.45, 7) is 8.82. The number of fused-ring (bicyclic) bond motifs is 1. The van der Waals surface area contributed by atoms with Gasteiger partial charge < -0.3 is 9.26 Å². The number of hydrogen-bond donors (Lipinski definition) is 2. The van der Waals surface area contributed by atoms with E-state index in [0.717, 1.165) is 0 Å². The van der Waals surface area contributed by atoms with Crippen molar-refractivity contribution in [2.45, 2.75) is 34.6 Å². The maximum atomic E-state index is 12.6. The highest BCUT2D eigenvalue weighted by Gasteiger charge is 2.28. The molecule has 0 aliphatic carbocycles. The summed E-state index contributed by atoms with van der Waals surface area (Å²) in [6, 6.07) is 5.17. The van der Waals surface area contributed by atoms with Crippen LogP contribution in [0.3, 0.4) is 0 Å². The summed E-state index contributed by atoms with van der Waals surface area (Å²) < 4.78 is 22.9. The van der Waals surface area contributed by atoms with Crippen molar-refractivity contribution in [1.82, 2.24) is 9.78 Å². The number of nitrogens with zero attached hydrogens (tertiary/aromatic N) is 2. The minimum Gasteiger partial charge on any atom is -0.497 e. The fourth-order valence-electron chi connectivity index (χ4n) is 2.39. The lowest BCUT2D eigenvalue weighted by atomic mass is 9.94. The van der Waals surface area contributed by atoms with Gasteiger partial charge in [-0.15, -0.1) is 0 Å². The number of phosphoric acid groups is 1. The number of methoxy groups -OCH3 is 1. The number of carbonyl (C=O) groups excluding carboxylic acids is 1. The lowest BCUT2D eigenvalue weighted by molar-refractivity contribution is 0.0935. The van der Waals surface area contributed by atoms with E-state index in [2.05, 4.69) is 5.10 Å². The molecule has 1 heterocycles. The summed E-state index contributed by atoms with van der Waals surface area (Å²) in [5.74, 6) is 0.210. The Bertz CT molecular complexity index is 933. The van der Waals surface area contributed by atoms with Crippen LogP contribution in [0.25, 0.3) is 17.1 Å². The highest BCUT2D eigenvalue weighted by molar-refractivity contribution is 7.46. The topological polar surface area (TPSA) is 111 Å². The molecule has 0 amide bonds. The minimum absolute atomic E-state index is 0.0339. The Labute approximate surface area is 158 Å². The predicted molar refractivity (Wildman–Crippen MR) is 102 cm³/mol. The van der Waals surface area contributed by atoms with Crippen LogP contribution in [0.15, 0.2) is 24.0 Å². The van der Waals surface area contributed by atoms with Crippen LogP contribution >= 0.6 is 7.82 Å². The number of allylic oxidation sites excluding steroid dienone is 1. The second-order valence-corrected chi connectivity index (χ2v) is 8.68. The van der Waals surface area contributed by atoms with Gasteiger partial charge in [0, 0.05) is 22.8 Å². The van der Waals surface area contributed by atoms with Gasteiger partial charge >= 0.3 is 7.82 Å². The van der Waals surface area contributed by atoms with Gasteiger partial charge in [-0.1, -0.05) is 34.6 Å². The maximum absolute atomic E-state index is 12.6. The van der Waals surface area contributed by atoms with E-state index >= 15 is 0 Å². The normalized spacial score (nSPS) is 13.3. The molecule has 2 N–H and O–H groups in total. The van der Waals surface area contributed by atoms with Gasteiger partial charge in [0.1, 0.15) is 17.2 Å². The number of ketones is 1. The molecule has 27 heavy (non-hydrogen) atoms. The van der Waals surface area contributed by atoms with Gasteiger partial charge in [0.15, 0.2) is 5.78 Å². The first-order chi connectivity index (χ1) is 12.3. The Morgan fingerprint density at radius 2 is 1.93 bits per heavy atom. The van der Waals surface area contributed by atoms with Crippen LogP contribution in [0, 0.1) is 11.3 Å². The molecule has 0 atom stereocenters. The van der Waals surface area contributed by atoms with E-state index in [-0.39, 0.29) is 23.2 Å². The highest BCUT2D eigenvalue weighted by Crippen LogP contribution is 2.44. The second-order valence-electron chi connectivity index (χ2n) is 7.52. The van der Waals surface area contributed by atoms with Crippen molar-refractivity contribution < 1.29 is 28.4 Å². The Balaban J connectivity index is 2.75. The van der Waals surface area contributed by atoms with E-state index in [1.54, 1.807) is 52.8 Å². The number of Topliss-reactive ketones (excluding diaryl/α,β-unsaturated/α-hetero) is 1. The lowest BCUT2D eigenvalue weighted by Crippen LogP contribution is -2.13. The van der Waals surface area contributed by atoms with Crippen molar-refractivity contribution in [3.05, 3.63) is 29.7 Å². The fourth-order valence-corrected chi connectivity index (χ4v) is 2.97. The Morgan fingerprint density at radius 1 is 1.30 bits per heavy atom. The first kappa shape index (κ1) is 21.2. The number of phosphoric ester groups is 1. The van der Waals surface area contributed by atoms with Gasteiger partial charge in [-0.2, -0.15) is 5.10 Å². The lowest BCUT2D eigenvalue weighted by Gasteiger charge is -2.23. The molecule has 0 radical (unpaired) electrons. The molecule has 1 aromatic carbocycles. The molecule has 0 aliphatic rings. The molecular formula is C18H25N2O6P. The van der Waals surface area contributed by atoms with E-state index in [0.29, 0.717) is 16.7 Å². The van der Waals surface area contributed by atoms with Crippen LogP contribution in [0.2, 0.25) is 0 Å². The van der Waals surface area contributed by atoms with Crippen LogP contribution in [-0.2, 0) is 9.09 Å². The fraction of sp³-hybridized carbons (Fsp3) is 0.444. The SMILES string of the molecule is COc1ccc2c(C(=O)C(C)C)nn(C=C(OP(=O)(O)O)C(C)(C)C)c2c1. The molecule has 0 fully saturated rings. The standard InChI is InChI=1S/C18H25N2O6P/c1-11(2)17(21)16-13-8-7-12(25-6)9-14(13)20(19-16)10-15(18(3,4)5)26-27(22,23)24/h7-11H,1-6H3,(H2,22,23,24). The number of rotatable bonds is 6. The summed E-state index contributed by atoms with van der Waals surface area (Å²) in [5, 5.41) is 4.99. The van der Waals surface area contributed by atoms with Crippen molar-refractivity contribution in [3.8, 4) is 5.75 Å². The first-order valence-electron chi connectivity index (χ1n) is 8.41. The number of ether oxygens (including phenoxy) is 1. The molecule has 1 aromatic heterocycles. The number of carbonyl (C=O) groups is 1. The van der Waals surface area contributed by atoms with Crippen LogP contribution in [0.4, 0.5) is 0 Å². The van der Waals surface area contributed by atoms with Gasteiger partial charge in [0.2, 0.25) is 0 Å². The Kier molecular flexibility index (Phi) is 5.85. The highest BCUT2D eigenvalue weighted by atomic mass is 31.2. The quantitative estimate of drug-likeness (QED) is 0.433. The zero-order chi connectivity index (χ0) is 20.6. The maximum Gasteiger partial charge on any atom is 0.524 e. The van der Waals surface area contributed by atoms with Crippen molar-refractivity contribution in [3.63, 3.8) is 0 Å². The van der Waals surface area contributed by atoms with Crippen molar-refractivity contribution in [1.29, 1.82) is 0 Å². The molecule has 0 unspecified atom stereocenters. The third kappa shape index (κ3) is 4.97. The molecule has 8 nitrogen and oxygen atoms in total. The summed E-state index contributed by atoms with van der Waals surface area (Å²) in [7, 11) is -3.24. The third-order valence-corrected chi connectivity index (χ3v) is 4.30. The van der Waals surface area contributed by atoms with Gasteiger partial charge in [-0.05, 0) is 12.1 Å². The van der Waals surface area contributed by atoms with Crippen molar-refractivity contribution in [2.75, 3.05) is 7.11 Å². The number of hydrogen-bond acceptors (Lipinski definition) is 5. The molecule has 0 saturated carbocycles. The van der Waals surface area contributed by atoms with E-state index in [1.807, 2.05) is 0 Å². The van der Waals surface area contributed by atoms with Crippen LogP contribution in [-0.4, -0.2) is 32.5 Å². The van der Waals surface area contributed by atoms with Crippen molar-refractivity contribution in [2.24, 2.45) is 11.3 Å². The molecule has 2 aromatic rings. The molecule has 0 aliphatic heterocycles. The Hall–Kier alpha value is -2.15. The largest absolute Gasteiger partial charge is 0.524 e. The summed E-state index contributed by atoms with van der Waals surface area (Å²) in [4.78, 5) is 31.0. The zero-order valence-corrected chi connectivity index (χ0v) is 17.2. The van der Waals surface area contributed by atoms with E-state index in [4.69, 9.17) is 9.26 Å². The number of benzene rings is 1.